The summed E-state index contributed by atoms with van der Waals surface area (Å²) in [5, 5.41) is 3.68. The molecule has 3 rings (SSSR count). The third-order valence-corrected chi connectivity index (χ3v) is 6.33. The zero-order valence-electron chi connectivity index (χ0n) is 15.6. The topological polar surface area (TPSA) is 88.6 Å². The number of para-hydroxylation sites is 1. The minimum Gasteiger partial charge on any atom is -0.373 e. The standard InChI is InChI=1S/C19H25N3O4S/c1-14-12-22(13-15(2)26-14)27(24,25)10-9-20-18(23)11-17-6-3-5-16-7-4-8-21-19(16)17/h3-8,14-15H,9-13H2,1-2H3,(H,20,23)/t14-,15-/m1/s1. The number of fused-ring (bicyclic) bond motifs is 1. The first kappa shape index (κ1) is 19.7. The maximum Gasteiger partial charge on any atom is 0.224 e. The Balaban J connectivity index is 1.55. The summed E-state index contributed by atoms with van der Waals surface area (Å²) in [6.07, 6.45) is 1.61. The van der Waals surface area contributed by atoms with Crippen LogP contribution in [0, 0.1) is 0 Å². The molecule has 1 N–H and O–H groups in total. The zero-order valence-corrected chi connectivity index (χ0v) is 16.4. The summed E-state index contributed by atoms with van der Waals surface area (Å²) in [4.78, 5) is 16.6. The first-order valence-electron chi connectivity index (χ1n) is 9.08. The molecular formula is C19H25N3O4S. The van der Waals surface area contributed by atoms with Crippen LogP contribution in [0.15, 0.2) is 36.5 Å². The average molecular weight is 391 g/mol. The van der Waals surface area contributed by atoms with Gasteiger partial charge in [-0.15, -0.1) is 0 Å². The van der Waals surface area contributed by atoms with Crippen molar-refractivity contribution in [3.05, 3.63) is 42.1 Å². The number of benzene rings is 1. The molecule has 0 radical (unpaired) electrons. The highest BCUT2D eigenvalue weighted by Crippen LogP contribution is 2.17. The van der Waals surface area contributed by atoms with E-state index in [4.69, 9.17) is 4.74 Å². The number of hydrogen-bond acceptors (Lipinski definition) is 5. The van der Waals surface area contributed by atoms with E-state index in [2.05, 4.69) is 10.3 Å². The van der Waals surface area contributed by atoms with Crippen LogP contribution in [0.1, 0.15) is 19.4 Å². The van der Waals surface area contributed by atoms with Gasteiger partial charge < -0.3 is 10.1 Å². The highest BCUT2D eigenvalue weighted by Gasteiger charge is 2.30. The van der Waals surface area contributed by atoms with Gasteiger partial charge in [0.2, 0.25) is 15.9 Å². The average Bonchev–Trinajstić information content (AvgIpc) is 2.61. The van der Waals surface area contributed by atoms with E-state index in [0.29, 0.717) is 13.1 Å². The minimum atomic E-state index is -3.43. The zero-order chi connectivity index (χ0) is 19.4. The second-order valence-corrected chi connectivity index (χ2v) is 9.00. The Morgan fingerprint density at radius 3 is 2.67 bits per heavy atom. The summed E-state index contributed by atoms with van der Waals surface area (Å²) in [5.74, 6) is -0.335. The Morgan fingerprint density at radius 1 is 1.22 bits per heavy atom. The molecule has 1 aromatic heterocycles. The Kier molecular flexibility index (Phi) is 6.08. The van der Waals surface area contributed by atoms with Crippen molar-refractivity contribution in [2.75, 3.05) is 25.4 Å². The summed E-state index contributed by atoms with van der Waals surface area (Å²) in [5.41, 5.74) is 1.61. The van der Waals surface area contributed by atoms with Gasteiger partial charge in [-0.1, -0.05) is 24.3 Å². The molecule has 0 bridgehead atoms. The second-order valence-electron chi connectivity index (χ2n) is 6.91. The number of morpholine rings is 1. The highest BCUT2D eigenvalue weighted by atomic mass is 32.2. The largest absolute Gasteiger partial charge is 0.373 e. The first-order chi connectivity index (χ1) is 12.8. The molecule has 2 heterocycles. The van der Waals surface area contributed by atoms with Crippen LogP contribution in [0.3, 0.4) is 0 Å². The molecule has 0 unspecified atom stereocenters. The number of carbonyl (C=O) groups is 1. The third-order valence-electron chi connectivity index (χ3n) is 4.53. The molecule has 2 atom stereocenters. The minimum absolute atomic E-state index is 0.0828. The van der Waals surface area contributed by atoms with E-state index in [1.54, 1.807) is 6.20 Å². The van der Waals surface area contributed by atoms with Crippen molar-refractivity contribution in [2.24, 2.45) is 0 Å². The quantitative estimate of drug-likeness (QED) is 0.803. The summed E-state index contributed by atoms with van der Waals surface area (Å²) in [6.45, 7) is 4.50. The van der Waals surface area contributed by atoms with Gasteiger partial charge in [-0.3, -0.25) is 9.78 Å². The predicted molar refractivity (Wildman–Crippen MR) is 104 cm³/mol. The van der Waals surface area contributed by atoms with Gasteiger partial charge in [-0.2, -0.15) is 4.31 Å². The number of carbonyl (C=O) groups excluding carboxylic acids is 1. The van der Waals surface area contributed by atoms with E-state index < -0.39 is 10.0 Å². The molecule has 8 heteroatoms. The number of rotatable bonds is 6. The van der Waals surface area contributed by atoms with E-state index in [1.165, 1.54) is 4.31 Å². The van der Waals surface area contributed by atoms with Crippen molar-refractivity contribution in [3.63, 3.8) is 0 Å². The molecule has 146 valence electrons. The predicted octanol–water partition coefficient (Wildman–Crippen LogP) is 1.33. The molecule has 7 nitrogen and oxygen atoms in total. The molecule has 2 aromatic rings. The number of nitrogens with one attached hydrogen (secondary N) is 1. The maximum absolute atomic E-state index is 12.5. The van der Waals surface area contributed by atoms with E-state index in [0.717, 1.165) is 16.5 Å². The van der Waals surface area contributed by atoms with Crippen molar-refractivity contribution in [3.8, 4) is 0 Å². The lowest BCUT2D eigenvalue weighted by molar-refractivity contribution is -0.120. The molecule has 0 aliphatic carbocycles. The molecule has 1 aromatic carbocycles. The van der Waals surface area contributed by atoms with Crippen LogP contribution in [-0.2, 0) is 26.0 Å². The third kappa shape index (κ3) is 5.03. The number of amides is 1. The van der Waals surface area contributed by atoms with E-state index >= 15 is 0 Å². The van der Waals surface area contributed by atoms with Gasteiger partial charge in [0.15, 0.2) is 0 Å². The first-order valence-corrected chi connectivity index (χ1v) is 10.7. The van der Waals surface area contributed by atoms with E-state index in [1.807, 2.05) is 44.2 Å². The van der Waals surface area contributed by atoms with Crippen molar-refractivity contribution in [2.45, 2.75) is 32.5 Å². The highest BCUT2D eigenvalue weighted by molar-refractivity contribution is 7.89. The monoisotopic (exact) mass is 391 g/mol. The molecular weight excluding hydrogens is 366 g/mol. The Hall–Kier alpha value is -2.03. The number of nitrogens with zero attached hydrogens (tertiary/aromatic N) is 2. The molecule has 1 aliphatic heterocycles. The number of aromatic nitrogens is 1. The molecule has 27 heavy (non-hydrogen) atoms. The van der Waals surface area contributed by atoms with Gasteiger partial charge in [0.05, 0.1) is 29.9 Å². The van der Waals surface area contributed by atoms with Crippen LogP contribution < -0.4 is 5.32 Å². The SMILES string of the molecule is C[C@@H]1CN(S(=O)(=O)CCNC(=O)Cc2cccc3cccnc23)C[C@@H](C)O1. The fraction of sp³-hybridized carbons (Fsp3) is 0.474. The second kappa shape index (κ2) is 8.33. The number of sulfonamides is 1. The van der Waals surface area contributed by atoms with Crippen LogP contribution >= 0.6 is 0 Å². The smallest absolute Gasteiger partial charge is 0.224 e. The Morgan fingerprint density at radius 2 is 1.93 bits per heavy atom. The van der Waals surface area contributed by atoms with Gasteiger partial charge in [0, 0.05) is 31.2 Å². The summed E-state index contributed by atoms with van der Waals surface area (Å²) in [7, 11) is -3.43. The Labute approximate surface area is 159 Å². The molecule has 1 aliphatic rings. The molecule has 1 fully saturated rings. The summed E-state index contributed by atoms with van der Waals surface area (Å²) in [6, 6.07) is 9.49. The number of pyridine rings is 1. The van der Waals surface area contributed by atoms with Crippen LogP contribution in [0.5, 0.6) is 0 Å². The molecule has 1 amide bonds. The normalized spacial score (nSPS) is 21.3. The lowest BCUT2D eigenvalue weighted by atomic mass is 10.1. The van der Waals surface area contributed by atoms with Crippen LogP contribution in [0.4, 0.5) is 0 Å². The van der Waals surface area contributed by atoms with Crippen LogP contribution in [0.25, 0.3) is 10.9 Å². The van der Waals surface area contributed by atoms with Gasteiger partial charge in [0.25, 0.3) is 0 Å². The Bertz CT molecular complexity index is 901. The van der Waals surface area contributed by atoms with Crippen molar-refractivity contribution in [1.82, 2.24) is 14.6 Å². The van der Waals surface area contributed by atoms with Crippen LogP contribution in [0.2, 0.25) is 0 Å². The maximum atomic E-state index is 12.5. The molecule has 0 spiro atoms. The van der Waals surface area contributed by atoms with Crippen molar-refractivity contribution in [1.29, 1.82) is 0 Å². The summed E-state index contributed by atoms with van der Waals surface area (Å²) >= 11 is 0. The lowest BCUT2D eigenvalue weighted by Gasteiger charge is -2.34. The van der Waals surface area contributed by atoms with Crippen molar-refractivity contribution >= 4 is 26.8 Å². The summed E-state index contributed by atoms with van der Waals surface area (Å²) < 4.78 is 32.0. The van der Waals surface area contributed by atoms with Gasteiger partial charge in [-0.25, -0.2) is 8.42 Å². The molecule has 0 saturated carbocycles. The number of hydrogen-bond donors (Lipinski definition) is 1. The van der Waals surface area contributed by atoms with E-state index in [9.17, 15) is 13.2 Å². The lowest BCUT2D eigenvalue weighted by Crippen LogP contribution is -2.49. The van der Waals surface area contributed by atoms with Crippen molar-refractivity contribution < 1.29 is 17.9 Å². The fourth-order valence-corrected chi connectivity index (χ4v) is 4.84. The fourth-order valence-electron chi connectivity index (χ4n) is 3.35. The van der Waals surface area contributed by atoms with Gasteiger partial charge in [0.1, 0.15) is 0 Å². The number of ether oxygens (including phenoxy) is 1. The van der Waals surface area contributed by atoms with E-state index in [-0.39, 0.29) is 36.8 Å². The van der Waals surface area contributed by atoms with Gasteiger partial charge in [-0.05, 0) is 25.5 Å². The van der Waals surface area contributed by atoms with Crippen LogP contribution in [-0.4, -0.2) is 61.2 Å². The van der Waals surface area contributed by atoms with Gasteiger partial charge >= 0.3 is 0 Å². The molecule has 1 saturated heterocycles.